The van der Waals surface area contributed by atoms with Gasteiger partial charge in [-0.1, -0.05) is 140 Å². The van der Waals surface area contributed by atoms with Crippen LogP contribution in [-0.2, 0) is 0 Å². The summed E-state index contributed by atoms with van der Waals surface area (Å²) in [5.74, 6) is 0.987. The highest BCUT2D eigenvalue weighted by Crippen LogP contribution is 2.46. The molecule has 0 amide bonds. The number of hydrogen-bond donors (Lipinski definition) is 0. The highest BCUT2D eigenvalue weighted by molar-refractivity contribution is 6.13. The molecule has 0 fully saturated rings. The van der Waals surface area contributed by atoms with Gasteiger partial charge in [0.1, 0.15) is 65.2 Å². The maximum atomic E-state index is 8.34. The number of benzene rings is 9. The Morgan fingerprint density at radius 2 is 0.726 bits per heavy atom. The Morgan fingerprint density at radius 1 is 0.368 bits per heavy atom. The van der Waals surface area contributed by atoms with E-state index < -0.39 is 13.0 Å². The van der Waals surface area contributed by atoms with Crippen LogP contribution >= 0.6 is 0 Å². The predicted molar refractivity (Wildman–Crippen MR) is 441 cm³/mol. The summed E-state index contributed by atoms with van der Waals surface area (Å²) in [6, 6.07) is 57.9. The Morgan fingerprint density at radius 3 is 1.08 bits per heavy atom. The van der Waals surface area contributed by atoms with E-state index in [9.17, 15) is 0 Å². The number of aryl methyl sites for hydroxylation is 5. The molecule has 5 aliphatic heterocycles. The fraction of sp³-hybridized carbons (Fsp3) is 0.267. The molecule has 16 heteroatoms. The number of hydrogen-bond acceptors (Lipinski definition) is 16. The zero-order valence-electron chi connectivity index (χ0n) is 67.4. The fourth-order valence-corrected chi connectivity index (χ4v) is 15.6. The van der Waals surface area contributed by atoms with E-state index in [1.54, 1.807) is 12.5 Å². The molecule has 0 bridgehead atoms. The lowest BCUT2D eigenvalue weighted by molar-refractivity contribution is 0.263. The molecule has 14 aromatic rings. The third-order valence-corrected chi connectivity index (χ3v) is 21.7. The second-order valence-corrected chi connectivity index (χ2v) is 28.8. The van der Waals surface area contributed by atoms with Crippen LogP contribution in [0.3, 0.4) is 0 Å². The van der Waals surface area contributed by atoms with Gasteiger partial charge in [-0.3, -0.25) is 0 Å². The number of rotatable bonds is 7. The van der Waals surface area contributed by atoms with Crippen LogP contribution in [0.5, 0.6) is 0 Å². The topological polar surface area (TPSA) is 111 Å². The standard InChI is InChI=1S/2C20H22N2O.2C18H18N2O.C14H16N4/c2*1-13(2)21-11-12-22(15(21)4)19-14(3)9-10-17-16-7-5-6-8-18(16)23-20(17)19;2*1-12-8-9-15-14-6-4-5-7-16(14)21-18(15)17(12)20-11-10-19(3)13(20)2;1-10-6-4-5-7-12(10)18-11(2)17(3)14-13(18)8-15-9-16-14/h2*5-13,15H,1-4H3;2*4-11,13H,1-3H3;4-9,11H,1-3H3/t2*15-;2*13-;11-/m00000/s1/i13D;;3D3;;. The third kappa shape index (κ3) is 12.3. The van der Waals surface area contributed by atoms with Crippen LogP contribution in [0.4, 0.5) is 39.9 Å². The van der Waals surface area contributed by atoms with Crippen molar-refractivity contribution in [1.82, 2.24) is 29.6 Å². The molecule has 5 atom stereocenters. The number of anilines is 7. The molecule has 106 heavy (non-hydrogen) atoms. The van der Waals surface area contributed by atoms with E-state index >= 15 is 0 Å². The van der Waals surface area contributed by atoms with Crippen LogP contribution in [0.15, 0.2) is 250 Å². The molecule has 9 aromatic carbocycles. The summed E-state index contributed by atoms with van der Waals surface area (Å²) in [6.07, 6.45) is 20.1. The molecule has 0 N–H and O–H groups in total. The first kappa shape index (κ1) is 65.0. The van der Waals surface area contributed by atoms with Crippen LogP contribution in [0.25, 0.3) is 87.8 Å². The Kier molecular flexibility index (Phi) is 17.4. The Labute approximate surface area is 627 Å². The minimum atomic E-state index is -2.17. The molecule has 5 aliphatic rings. The summed E-state index contributed by atoms with van der Waals surface area (Å²) >= 11 is 0. The normalized spacial score (nSPS) is 18.9. The van der Waals surface area contributed by atoms with Gasteiger partial charge in [0.05, 0.1) is 30.3 Å². The number of aromatic nitrogens is 2. The van der Waals surface area contributed by atoms with E-state index in [1.807, 2.05) is 123 Å². The Hall–Kier alpha value is -11.8. The van der Waals surface area contributed by atoms with Crippen molar-refractivity contribution < 1.29 is 23.2 Å². The summed E-state index contributed by atoms with van der Waals surface area (Å²) in [5, 5.41) is 9.11. The molecule has 19 rings (SSSR count). The van der Waals surface area contributed by atoms with Gasteiger partial charge in [0.15, 0.2) is 28.1 Å². The lowest BCUT2D eigenvalue weighted by Gasteiger charge is -2.33. The average Bonchev–Trinajstić information content (AvgIpc) is 1.62. The van der Waals surface area contributed by atoms with E-state index in [4.69, 9.17) is 23.2 Å². The van der Waals surface area contributed by atoms with Gasteiger partial charge in [0, 0.05) is 136 Å². The van der Waals surface area contributed by atoms with E-state index in [1.165, 1.54) is 60.1 Å². The Bertz CT molecular complexity index is 5770. The van der Waals surface area contributed by atoms with Gasteiger partial charge >= 0.3 is 0 Å². The lowest BCUT2D eigenvalue weighted by atomic mass is 10.1. The summed E-state index contributed by atoms with van der Waals surface area (Å²) in [7, 11) is 4.16. The zero-order valence-corrected chi connectivity index (χ0v) is 63.4. The van der Waals surface area contributed by atoms with Gasteiger partial charge in [0.25, 0.3) is 0 Å². The van der Waals surface area contributed by atoms with Crippen LogP contribution < -0.4 is 29.4 Å². The van der Waals surface area contributed by atoms with Gasteiger partial charge in [-0.15, -0.1) is 0 Å². The minimum absolute atomic E-state index is 0.0648. The molecule has 0 unspecified atom stereocenters. The van der Waals surface area contributed by atoms with Crippen molar-refractivity contribution in [3.05, 3.63) is 260 Å². The van der Waals surface area contributed by atoms with Crippen LogP contribution in [-0.4, -0.2) is 93.5 Å². The monoisotopic (exact) mass is 1410 g/mol. The minimum Gasteiger partial charge on any atom is -0.454 e. The highest BCUT2D eigenvalue weighted by Gasteiger charge is 2.35. The van der Waals surface area contributed by atoms with E-state index in [0.29, 0.717) is 12.2 Å². The van der Waals surface area contributed by atoms with Gasteiger partial charge in [-0.2, -0.15) is 0 Å². The third-order valence-electron chi connectivity index (χ3n) is 21.7. The average molecular weight is 1410 g/mol. The molecular weight excluding hydrogens is 1310 g/mol. The van der Waals surface area contributed by atoms with E-state index in [-0.39, 0.29) is 24.7 Å². The summed E-state index contributed by atoms with van der Waals surface area (Å²) in [6.45, 7) is 27.2. The SMILES string of the molecule is Cc1ccc2c(oc3ccccc32)c1N1C=CN(C(C)C)[C@@H]1C.Cc1ccc2c(oc3ccccc32)c1N1C=CN(C)[C@@H]1C.Cc1ccccc1N1c2cncnc2N(C)[C@@H]1C.[2H]C(C)(C)N1C=CN(c2c(C)ccc3c2oc2ccccc23)[C@H]1C.[2H]C([2H])([2H])N1C=CN(c2c(C)ccc3c2oc2ccccc23)[C@H]1C. The zero-order chi connectivity index (χ0) is 77.5. The predicted octanol–water partition coefficient (Wildman–Crippen LogP) is 22.1. The molecule has 540 valence electrons. The van der Waals surface area contributed by atoms with Crippen LogP contribution in [0.2, 0.25) is 0 Å². The van der Waals surface area contributed by atoms with Crippen LogP contribution in [0.1, 0.15) is 95.6 Å². The Balaban J connectivity index is 0.000000110. The van der Waals surface area contributed by atoms with Crippen molar-refractivity contribution in [1.29, 1.82) is 0 Å². The first-order valence-electron chi connectivity index (χ1n) is 38.6. The van der Waals surface area contributed by atoms with Crippen molar-refractivity contribution in [3.8, 4) is 0 Å². The number of para-hydroxylation sites is 5. The van der Waals surface area contributed by atoms with Crippen molar-refractivity contribution >= 4 is 128 Å². The van der Waals surface area contributed by atoms with Gasteiger partial charge < -0.3 is 66.7 Å². The molecule has 0 radical (unpaired) electrons. The maximum absolute atomic E-state index is 8.34. The second-order valence-electron chi connectivity index (χ2n) is 28.8. The summed E-state index contributed by atoms with van der Waals surface area (Å²) in [5.41, 5.74) is 19.9. The van der Waals surface area contributed by atoms with Crippen molar-refractivity contribution in [2.45, 2.75) is 140 Å². The van der Waals surface area contributed by atoms with E-state index in [2.05, 4.69) is 262 Å². The summed E-state index contributed by atoms with van der Waals surface area (Å²) < 4.78 is 56.1. The molecule has 0 saturated heterocycles. The largest absolute Gasteiger partial charge is 0.454 e. The molecule has 10 heterocycles. The number of fused-ring (bicyclic) bond motifs is 13. The van der Waals surface area contributed by atoms with Gasteiger partial charge in [0.2, 0.25) is 0 Å². The lowest BCUT2D eigenvalue weighted by Crippen LogP contribution is -2.39. The molecule has 5 aromatic heterocycles. The van der Waals surface area contributed by atoms with E-state index in [0.717, 1.165) is 100 Å². The highest BCUT2D eigenvalue weighted by atomic mass is 16.3. The number of nitrogens with zero attached hydrogens (tertiary/aromatic N) is 12. The van der Waals surface area contributed by atoms with Crippen LogP contribution in [0, 0.1) is 34.6 Å². The fourth-order valence-electron chi connectivity index (χ4n) is 15.6. The smallest absolute Gasteiger partial charge is 0.159 e. The summed E-state index contributed by atoms with van der Waals surface area (Å²) in [4.78, 5) is 29.7. The quantitative estimate of drug-likeness (QED) is 0.151. The molecule has 16 nitrogen and oxygen atoms in total. The first-order valence-corrected chi connectivity index (χ1v) is 36.6. The van der Waals surface area contributed by atoms with Gasteiger partial charge in [-0.05, 0) is 155 Å². The van der Waals surface area contributed by atoms with Crippen molar-refractivity contribution in [2.24, 2.45) is 0 Å². The van der Waals surface area contributed by atoms with Crippen molar-refractivity contribution in [3.63, 3.8) is 0 Å². The maximum Gasteiger partial charge on any atom is 0.159 e. The second kappa shape index (κ2) is 28.4. The molecule has 0 spiro atoms. The number of furan rings is 4. The van der Waals surface area contributed by atoms with Gasteiger partial charge in [-0.25, -0.2) is 9.97 Å². The first-order chi connectivity index (χ1) is 52.7. The van der Waals surface area contributed by atoms with Crippen molar-refractivity contribution in [2.75, 3.05) is 50.5 Å². The molecule has 0 saturated carbocycles. The molecular formula is C90H96N12O4. The molecule has 0 aliphatic carbocycles.